The third-order valence-electron chi connectivity index (χ3n) is 0. The van der Waals surface area contributed by atoms with E-state index >= 15 is 0 Å². The second kappa shape index (κ2) is 57.8. The van der Waals surface area contributed by atoms with Crippen LogP contribution in [0.25, 0.3) is 0 Å². The minimum absolute atomic E-state index is 0. The molecule has 0 aromatic carbocycles. The molecule has 0 rings (SSSR count). The first kappa shape index (κ1) is 104. The average molecular weight is 229 g/mol. The molecule has 0 radical (unpaired) electrons. The zero-order chi connectivity index (χ0) is 0. The fourth-order valence-corrected chi connectivity index (χ4v) is 0. The molecule has 0 N–H and O–H groups in total. The molecule has 36 valence electrons. The molecular weight excluding hydrogens is 228 g/mol. The normalized spacial score (nSPS) is 0. The molecule has 0 amide bonds. The molecule has 0 aromatic rings. The van der Waals surface area contributed by atoms with Crippen molar-refractivity contribution in [3.63, 3.8) is 0 Å². The summed E-state index contributed by atoms with van der Waals surface area (Å²) in [5.74, 6) is 0. The molecule has 0 fully saturated rings. The van der Waals surface area contributed by atoms with Crippen molar-refractivity contribution >= 4 is 0 Å². The van der Waals surface area contributed by atoms with Crippen LogP contribution in [0.4, 0.5) is 4.70 Å². The van der Waals surface area contributed by atoms with E-state index in [1.54, 1.807) is 0 Å². The standard InChI is InChI=1S/Eu.4FH/h;4*1H/q+3;;;;/p-3. The summed E-state index contributed by atoms with van der Waals surface area (Å²) in [6.45, 7) is 0. The maximum absolute atomic E-state index is 0. The monoisotopic (exact) mass is 230 g/mol. The number of halogens is 4. The molecule has 0 aromatic heterocycles. The van der Waals surface area contributed by atoms with Crippen LogP contribution in [-0.2, 0) is 0 Å². The van der Waals surface area contributed by atoms with Gasteiger partial charge in [0.1, 0.15) is 0 Å². The molecule has 5 heavy (non-hydrogen) atoms. The average Bonchev–Trinajstić information content (AvgIpc) is 0. The molecule has 0 aliphatic heterocycles. The Balaban J connectivity index is 0. The predicted molar refractivity (Wildman–Crippen MR) is 2.50 cm³/mol. The minimum atomic E-state index is 0. The molecule has 0 aliphatic carbocycles. The Bertz CT molecular complexity index is 3.61. The van der Waals surface area contributed by atoms with Crippen LogP contribution in [0.3, 0.4) is 0 Å². The summed E-state index contributed by atoms with van der Waals surface area (Å²) in [4.78, 5) is 0. The smallest absolute Gasteiger partial charge is 1.00 e. The van der Waals surface area contributed by atoms with Crippen LogP contribution < -0.4 is 14.1 Å². The summed E-state index contributed by atoms with van der Waals surface area (Å²) < 4.78 is 0. The zero-order valence-corrected chi connectivity index (χ0v) is 4.35. The van der Waals surface area contributed by atoms with E-state index in [0.29, 0.717) is 0 Å². The van der Waals surface area contributed by atoms with E-state index in [4.69, 9.17) is 0 Å². The first-order valence-electron chi connectivity index (χ1n) is 0. The van der Waals surface area contributed by atoms with Crippen molar-refractivity contribution in [3.8, 4) is 0 Å². The van der Waals surface area contributed by atoms with Gasteiger partial charge < -0.3 is 14.1 Å². The molecule has 0 saturated heterocycles. The largest absolute Gasteiger partial charge is 3.00 e. The van der Waals surface area contributed by atoms with Crippen molar-refractivity contribution in [2.75, 3.05) is 0 Å². The summed E-state index contributed by atoms with van der Waals surface area (Å²) in [6, 6.07) is 0. The van der Waals surface area contributed by atoms with E-state index in [1.807, 2.05) is 0 Å². The van der Waals surface area contributed by atoms with Gasteiger partial charge in [0.05, 0.1) is 0 Å². The van der Waals surface area contributed by atoms with Crippen LogP contribution in [0.5, 0.6) is 0 Å². The molecular formula is HEuF4. The van der Waals surface area contributed by atoms with Crippen LogP contribution in [0.2, 0.25) is 0 Å². The summed E-state index contributed by atoms with van der Waals surface area (Å²) >= 11 is 0. The maximum atomic E-state index is 0. The van der Waals surface area contributed by atoms with Crippen molar-refractivity contribution in [1.29, 1.82) is 0 Å². The molecule has 0 spiro atoms. The van der Waals surface area contributed by atoms with E-state index < -0.39 is 0 Å². The molecule has 0 nitrogen and oxygen atoms in total. The van der Waals surface area contributed by atoms with Gasteiger partial charge in [0.15, 0.2) is 0 Å². The van der Waals surface area contributed by atoms with Crippen LogP contribution in [-0.4, -0.2) is 0 Å². The topological polar surface area (TPSA) is 0 Å². The van der Waals surface area contributed by atoms with Gasteiger partial charge in [-0.25, -0.2) is 0 Å². The van der Waals surface area contributed by atoms with Gasteiger partial charge in [-0.2, -0.15) is 0 Å². The van der Waals surface area contributed by atoms with Crippen LogP contribution in [0.1, 0.15) is 0 Å². The SMILES string of the molecule is F.[Eu+3].[F-].[F-].[F-]. The Kier molecular flexibility index (Phi) is 1200. The van der Waals surface area contributed by atoms with Gasteiger partial charge in [-0.1, -0.05) is 0 Å². The molecule has 0 heterocycles. The molecule has 0 saturated carbocycles. The molecule has 0 aliphatic rings. The Labute approximate surface area is 67.3 Å². The van der Waals surface area contributed by atoms with Crippen molar-refractivity contribution in [3.05, 3.63) is 0 Å². The Morgan fingerprint density at radius 3 is 0.600 bits per heavy atom. The number of rotatable bonds is 0. The summed E-state index contributed by atoms with van der Waals surface area (Å²) in [5.41, 5.74) is 0. The van der Waals surface area contributed by atoms with Gasteiger partial charge in [-0.3, -0.25) is 4.70 Å². The second-order valence-corrected chi connectivity index (χ2v) is 0. The van der Waals surface area contributed by atoms with Crippen molar-refractivity contribution in [2.45, 2.75) is 0 Å². The first-order valence-corrected chi connectivity index (χ1v) is 0. The van der Waals surface area contributed by atoms with Gasteiger partial charge in [0.2, 0.25) is 0 Å². The molecule has 0 atom stereocenters. The Morgan fingerprint density at radius 1 is 0.600 bits per heavy atom. The Hall–Kier alpha value is 1.30. The van der Waals surface area contributed by atoms with Gasteiger partial charge in [-0.15, -0.1) is 0 Å². The van der Waals surface area contributed by atoms with Gasteiger partial charge in [-0.05, 0) is 0 Å². The van der Waals surface area contributed by atoms with Crippen LogP contribution in [0.15, 0.2) is 0 Å². The number of hydrogen-bond acceptors (Lipinski definition) is 0. The quantitative estimate of drug-likeness (QED) is 0.362. The zero-order valence-electron chi connectivity index (χ0n) is 1.92. The predicted octanol–water partition coefficient (Wildman–Crippen LogP) is -8.84. The molecule has 5 heteroatoms. The summed E-state index contributed by atoms with van der Waals surface area (Å²) in [6.07, 6.45) is 0. The maximum Gasteiger partial charge on any atom is 3.00 e. The molecule has 0 unspecified atom stereocenters. The fraction of sp³-hybridized carbons (Fsp3) is 0. The summed E-state index contributed by atoms with van der Waals surface area (Å²) in [7, 11) is 0. The first-order chi connectivity index (χ1) is 0. The number of hydrogen-bond donors (Lipinski definition) is 0. The van der Waals surface area contributed by atoms with Gasteiger partial charge in [0.25, 0.3) is 0 Å². The van der Waals surface area contributed by atoms with Crippen LogP contribution in [0, 0.1) is 49.4 Å². The van der Waals surface area contributed by atoms with Crippen LogP contribution >= 0.6 is 0 Å². The third kappa shape index (κ3) is 34.0. The van der Waals surface area contributed by atoms with Crippen molar-refractivity contribution in [1.82, 2.24) is 0 Å². The van der Waals surface area contributed by atoms with E-state index in [-0.39, 0.29) is 68.2 Å². The van der Waals surface area contributed by atoms with E-state index in [1.165, 1.54) is 0 Å². The van der Waals surface area contributed by atoms with Crippen molar-refractivity contribution in [2.24, 2.45) is 0 Å². The van der Waals surface area contributed by atoms with Crippen molar-refractivity contribution < 1.29 is 68.2 Å². The van der Waals surface area contributed by atoms with E-state index in [2.05, 4.69) is 0 Å². The summed E-state index contributed by atoms with van der Waals surface area (Å²) in [5, 5.41) is 0. The molecule has 0 bridgehead atoms. The fourth-order valence-electron chi connectivity index (χ4n) is 0. The van der Waals surface area contributed by atoms with Gasteiger partial charge in [0, 0.05) is 0 Å². The van der Waals surface area contributed by atoms with E-state index in [0.717, 1.165) is 0 Å². The third-order valence-corrected chi connectivity index (χ3v) is 0. The minimum Gasteiger partial charge on any atom is -1.00 e. The Morgan fingerprint density at radius 2 is 0.600 bits per heavy atom. The second-order valence-electron chi connectivity index (χ2n) is 0. The van der Waals surface area contributed by atoms with E-state index in [9.17, 15) is 0 Å². The van der Waals surface area contributed by atoms with Gasteiger partial charge >= 0.3 is 49.4 Å².